The molecule has 0 atom stereocenters. The van der Waals surface area contributed by atoms with Gasteiger partial charge in [-0.05, 0) is 75.8 Å². The van der Waals surface area contributed by atoms with Gasteiger partial charge in [-0.2, -0.15) is 0 Å². The number of hydrogen-bond acceptors (Lipinski definition) is 5. The zero-order valence-corrected chi connectivity index (χ0v) is 16.5. The highest BCUT2D eigenvalue weighted by Crippen LogP contribution is 2.26. The second-order valence-corrected chi connectivity index (χ2v) is 7.15. The van der Waals surface area contributed by atoms with Crippen LogP contribution in [0, 0.1) is 12.3 Å². The van der Waals surface area contributed by atoms with E-state index in [1.165, 1.54) is 0 Å². The molecular formula is C17H13BrIN5. The first-order valence-electron chi connectivity index (χ1n) is 7.06. The van der Waals surface area contributed by atoms with Crippen LogP contribution in [0.4, 0.5) is 0 Å². The molecule has 0 unspecified atom stereocenters. The standard InChI is InChI=1S/C17H13BrIN5/c1-9-3-2-4-13(23-9)16(20)15(17(19)21)12-6-5-11-14(24-12)7-10(18)8-22-11/h2-8,21H,20H2,1H3/b16-15-,21-17?. The number of allylic oxidation sites excluding steroid dienone is 1. The molecule has 3 heterocycles. The number of aromatic nitrogens is 3. The van der Waals surface area contributed by atoms with E-state index in [4.69, 9.17) is 11.1 Å². The van der Waals surface area contributed by atoms with Crippen molar-refractivity contribution in [3.05, 3.63) is 64.1 Å². The summed E-state index contributed by atoms with van der Waals surface area (Å²) in [4.78, 5) is 13.4. The van der Waals surface area contributed by atoms with Crippen LogP contribution in [0.1, 0.15) is 17.1 Å². The maximum absolute atomic E-state index is 8.13. The van der Waals surface area contributed by atoms with E-state index in [1.54, 1.807) is 6.20 Å². The van der Waals surface area contributed by atoms with Gasteiger partial charge in [0, 0.05) is 16.4 Å². The maximum Gasteiger partial charge on any atom is 0.104 e. The molecular weight excluding hydrogens is 481 g/mol. The summed E-state index contributed by atoms with van der Waals surface area (Å²) in [5.74, 6) is 0. The van der Waals surface area contributed by atoms with Crippen molar-refractivity contribution in [3.63, 3.8) is 0 Å². The van der Waals surface area contributed by atoms with Crippen LogP contribution in [0.5, 0.6) is 0 Å². The molecule has 3 aromatic heterocycles. The van der Waals surface area contributed by atoms with Crippen molar-refractivity contribution < 1.29 is 0 Å². The molecule has 0 bridgehead atoms. The van der Waals surface area contributed by atoms with Gasteiger partial charge in [0.2, 0.25) is 0 Å². The van der Waals surface area contributed by atoms with Crippen LogP contribution in [-0.2, 0) is 0 Å². The Morgan fingerprint density at radius 1 is 1.12 bits per heavy atom. The summed E-state index contributed by atoms with van der Waals surface area (Å²) in [6.07, 6.45) is 1.73. The first kappa shape index (κ1) is 17.0. The van der Waals surface area contributed by atoms with Crippen molar-refractivity contribution >= 4 is 64.5 Å². The van der Waals surface area contributed by atoms with Crippen molar-refractivity contribution in [2.45, 2.75) is 6.92 Å². The van der Waals surface area contributed by atoms with Gasteiger partial charge >= 0.3 is 0 Å². The molecule has 3 N–H and O–H groups in total. The Bertz CT molecular complexity index is 984. The summed E-state index contributed by atoms with van der Waals surface area (Å²) >= 11 is 5.35. The van der Waals surface area contributed by atoms with Gasteiger partial charge < -0.3 is 5.73 Å². The van der Waals surface area contributed by atoms with Gasteiger partial charge in [0.15, 0.2) is 0 Å². The summed E-state index contributed by atoms with van der Waals surface area (Å²) in [6.45, 7) is 1.91. The molecule has 3 rings (SSSR count). The molecule has 0 aromatic carbocycles. The highest BCUT2D eigenvalue weighted by atomic mass is 127. The highest BCUT2D eigenvalue weighted by molar-refractivity contribution is 14.1. The lowest BCUT2D eigenvalue weighted by Gasteiger charge is -2.11. The number of nitrogens with one attached hydrogen (secondary N) is 1. The molecule has 0 radical (unpaired) electrons. The minimum atomic E-state index is 0.309. The van der Waals surface area contributed by atoms with E-state index in [0.29, 0.717) is 26.4 Å². The van der Waals surface area contributed by atoms with Gasteiger partial charge in [0.25, 0.3) is 0 Å². The van der Waals surface area contributed by atoms with Crippen LogP contribution in [0.15, 0.2) is 47.1 Å². The van der Waals surface area contributed by atoms with Crippen molar-refractivity contribution in [1.29, 1.82) is 5.41 Å². The maximum atomic E-state index is 8.13. The lowest BCUT2D eigenvalue weighted by atomic mass is 10.1. The van der Waals surface area contributed by atoms with Gasteiger partial charge in [-0.15, -0.1) is 0 Å². The van der Waals surface area contributed by atoms with E-state index in [0.717, 1.165) is 21.2 Å². The minimum absolute atomic E-state index is 0.309. The van der Waals surface area contributed by atoms with Crippen LogP contribution in [-0.4, -0.2) is 18.7 Å². The molecule has 0 aliphatic heterocycles. The SMILES string of the molecule is Cc1cccc(/C(N)=C(/C(=N)I)c2ccc3ncc(Br)cc3n2)n1. The monoisotopic (exact) mass is 493 g/mol. The number of pyridine rings is 3. The summed E-state index contributed by atoms with van der Waals surface area (Å²) in [7, 11) is 0. The molecule has 0 saturated carbocycles. The topological polar surface area (TPSA) is 88.5 Å². The summed E-state index contributed by atoms with van der Waals surface area (Å²) in [5, 5.41) is 8.13. The fraction of sp³-hybridized carbons (Fsp3) is 0.0588. The molecule has 0 saturated heterocycles. The second-order valence-electron chi connectivity index (χ2n) is 5.16. The summed E-state index contributed by atoms with van der Waals surface area (Å²) < 4.78 is 1.16. The van der Waals surface area contributed by atoms with E-state index in [2.05, 4.69) is 30.9 Å². The number of nitrogens with two attached hydrogens (primary N) is 1. The molecule has 24 heavy (non-hydrogen) atoms. The van der Waals surface area contributed by atoms with E-state index in [9.17, 15) is 0 Å². The average molecular weight is 494 g/mol. The van der Waals surface area contributed by atoms with Crippen LogP contribution >= 0.6 is 38.5 Å². The number of halogens is 2. The highest BCUT2D eigenvalue weighted by Gasteiger charge is 2.15. The summed E-state index contributed by atoms with van der Waals surface area (Å²) in [5.41, 5.74) is 11.0. The Labute approximate surface area is 161 Å². The normalized spacial score (nSPS) is 12.1. The first-order chi connectivity index (χ1) is 11.5. The number of aryl methyl sites for hydroxylation is 1. The molecule has 7 heteroatoms. The predicted octanol–water partition coefficient (Wildman–Crippen LogP) is 4.33. The van der Waals surface area contributed by atoms with E-state index >= 15 is 0 Å². The molecule has 3 aromatic rings. The van der Waals surface area contributed by atoms with Gasteiger partial charge in [-0.3, -0.25) is 15.4 Å². The van der Waals surface area contributed by atoms with Crippen LogP contribution in [0.3, 0.4) is 0 Å². The first-order valence-corrected chi connectivity index (χ1v) is 8.94. The molecule has 0 fully saturated rings. The molecule has 5 nitrogen and oxygen atoms in total. The van der Waals surface area contributed by atoms with Crippen molar-refractivity contribution in [1.82, 2.24) is 15.0 Å². The molecule has 0 aliphatic carbocycles. The number of fused-ring (bicyclic) bond motifs is 1. The third kappa shape index (κ3) is 3.46. The molecule has 0 spiro atoms. The Morgan fingerprint density at radius 3 is 2.62 bits per heavy atom. The third-order valence-corrected chi connectivity index (χ3v) is 4.39. The van der Waals surface area contributed by atoms with Crippen molar-refractivity contribution in [2.24, 2.45) is 5.73 Å². The number of rotatable bonds is 3. The van der Waals surface area contributed by atoms with Crippen LogP contribution in [0.25, 0.3) is 22.3 Å². The molecule has 0 amide bonds. The minimum Gasteiger partial charge on any atom is -0.396 e. The van der Waals surface area contributed by atoms with Gasteiger partial charge in [-0.25, -0.2) is 4.98 Å². The van der Waals surface area contributed by atoms with Crippen molar-refractivity contribution in [3.8, 4) is 0 Å². The van der Waals surface area contributed by atoms with E-state index in [-0.39, 0.29) is 0 Å². The van der Waals surface area contributed by atoms with Crippen molar-refractivity contribution in [2.75, 3.05) is 0 Å². The predicted molar refractivity (Wildman–Crippen MR) is 109 cm³/mol. The van der Waals surface area contributed by atoms with Crippen LogP contribution in [0.2, 0.25) is 0 Å². The van der Waals surface area contributed by atoms with Gasteiger partial charge in [0.05, 0.1) is 33.7 Å². The second kappa shape index (κ2) is 6.94. The van der Waals surface area contributed by atoms with E-state index in [1.807, 2.05) is 65.9 Å². The third-order valence-electron chi connectivity index (χ3n) is 3.41. The fourth-order valence-electron chi connectivity index (χ4n) is 2.31. The lowest BCUT2D eigenvalue weighted by molar-refractivity contribution is 1.16. The number of nitrogens with zero attached hydrogens (tertiary/aromatic N) is 3. The molecule has 0 aliphatic rings. The summed E-state index contributed by atoms with van der Waals surface area (Å²) in [6, 6.07) is 11.2. The Morgan fingerprint density at radius 2 is 1.92 bits per heavy atom. The van der Waals surface area contributed by atoms with Crippen LogP contribution < -0.4 is 5.73 Å². The van der Waals surface area contributed by atoms with E-state index < -0.39 is 0 Å². The average Bonchev–Trinajstić information content (AvgIpc) is 2.54. The zero-order valence-electron chi connectivity index (χ0n) is 12.7. The smallest absolute Gasteiger partial charge is 0.104 e. The Kier molecular flexibility index (Phi) is 4.91. The fourth-order valence-corrected chi connectivity index (χ4v) is 3.20. The Hall–Kier alpha value is -1.87. The quantitative estimate of drug-likeness (QED) is 0.419. The largest absolute Gasteiger partial charge is 0.396 e. The molecule has 120 valence electrons. The zero-order chi connectivity index (χ0) is 17.3. The van der Waals surface area contributed by atoms with Gasteiger partial charge in [0.1, 0.15) is 3.72 Å². The Balaban J connectivity index is 2.21. The lowest BCUT2D eigenvalue weighted by Crippen LogP contribution is -2.08. The number of hydrogen-bond donors (Lipinski definition) is 2. The van der Waals surface area contributed by atoms with Gasteiger partial charge in [-0.1, -0.05) is 6.07 Å².